The average molecular weight is 2990 g/mol. The zero-order chi connectivity index (χ0) is 0. The molecule has 0 saturated heterocycles. The Kier molecular flexibility index (Phi) is 75600. The second-order valence-electron chi connectivity index (χ2n) is 0. The molecule has 0 amide bonds. The van der Waals surface area contributed by atoms with Crippen LogP contribution in [0.4, 0.5) is 0 Å². The van der Waals surface area contributed by atoms with Gasteiger partial charge >= 0.3 is 180 Å². The Labute approximate surface area is 639 Å². The summed E-state index contributed by atoms with van der Waals surface area (Å²) >= 11 is 0. The van der Waals surface area contributed by atoms with Crippen molar-refractivity contribution in [3.8, 4) is 0 Å². The van der Waals surface area contributed by atoms with Crippen molar-refractivity contribution in [3.05, 3.63) is 0 Å². The maximum Gasteiger partial charge on any atom is 1.00 e. The van der Waals surface area contributed by atoms with E-state index in [1.165, 1.54) is 0 Å². The van der Waals surface area contributed by atoms with Gasteiger partial charge in [0.25, 0.3) is 0 Å². The van der Waals surface area contributed by atoms with Crippen molar-refractivity contribution < 1.29 is 652 Å². The van der Waals surface area contributed by atoms with E-state index in [0.717, 1.165) is 0 Å². The van der Waals surface area contributed by atoms with Crippen molar-refractivity contribution in [1.82, 2.24) is 0 Å². The first kappa shape index (κ1) is 2140. The van der Waals surface area contributed by atoms with Crippen LogP contribution in [-0.2, 0) is 472 Å². The summed E-state index contributed by atoms with van der Waals surface area (Å²) in [5.41, 5.74) is 0. The smallest absolute Gasteiger partial charge is 1.00 e. The summed E-state index contributed by atoms with van der Waals surface area (Å²) in [6.45, 7) is 0. The largest absolute Gasteiger partial charge is 2.00 e. The van der Waals surface area contributed by atoms with Crippen molar-refractivity contribution in [2.75, 3.05) is 0 Å². The van der Waals surface area contributed by atoms with Crippen molar-refractivity contribution >= 4 is 0 Å². The third kappa shape index (κ3) is 1960. The Morgan fingerprint density at radius 2 is 0.0690 bits per heavy atom. The van der Waals surface area contributed by atoms with Gasteiger partial charge in [-0.05, 0) is 0 Å². The van der Waals surface area contributed by atoms with Crippen molar-refractivity contribution in [2.24, 2.45) is 0 Å². The fraction of sp³-hybridized carbons (Fsp3) is 0. The molecule has 0 spiro atoms. The Morgan fingerprint density at radius 3 is 0.0690 bits per heavy atom. The van der Waals surface area contributed by atoms with Gasteiger partial charge in [0.1, 0.15) is 0 Å². The average Bonchev–Trinajstić information content (AvgIpc) is 0. The summed E-state index contributed by atoms with van der Waals surface area (Å²) in [4.78, 5) is 0. The summed E-state index contributed by atoms with van der Waals surface area (Å²) in [7, 11) is 0. The van der Waals surface area contributed by atoms with Crippen LogP contribution in [0.3, 0.4) is 0 Å². The number of rotatable bonds is 0. The molecule has 392 valence electrons. The normalized spacial score (nSPS) is 0. The van der Waals surface area contributed by atoms with Gasteiger partial charge in [-0.3, -0.25) is 0 Å². The van der Waals surface area contributed by atoms with E-state index in [9.17, 15) is 0 Å². The molecule has 0 N–H and O–H groups in total. The topological polar surface area (TPSA) is 1140 Å². The van der Waals surface area contributed by atoms with Crippen LogP contribution in [0.2, 0.25) is 0 Å². The molecule has 0 saturated carbocycles. The molecule has 0 fully saturated rings. The molecule has 0 rings (SSSR count). The maximum absolute atomic E-state index is 0. The summed E-state index contributed by atoms with van der Waals surface area (Å²) in [6.07, 6.45) is 0. The van der Waals surface area contributed by atoms with Gasteiger partial charge in [0.15, 0.2) is 0 Å². The van der Waals surface area contributed by atoms with Crippen LogP contribution in [0.5, 0.6) is 0 Å². The molecule has 0 aromatic carbocycles. The molecule has 58 heavy (non-hydrogen) atoms. The molecule has 58 heteroatoms. The van der Waals surface area contributed by atoms with E-state index in [4.69, 9.17) is 0 Å². The summed E-state index contributed by atoms with van der Waals surface area (Å²) < 4.78 is 0. The Balaban J connectivity index is 0. The number of hydrogen-bond donors (Lipinski definition) is 0. The molecule has 0 aliphatic carbocycles. The second kappa shape index (κ2) is 2050. The fourth-order valence-electron chi connectivity index (χ4n) is 0. The predicted molar refractivity (Wildman–Crippen MR) is 29.7 cm³/mol. The third-order valence-corrected chi connectivity index (χ3v) is 0. The second-order valence-corrected chi connectivity index (χ2v) is 0. The number of hydrogen-bond acceptors (Lipinski definition) is 0. The van der Waals surface area contributed by atoms with Crippen LogP contribution in [0.15, 0.2) is 0 Å². The van der Waals surface area contributed by atoms with Crippen LogP contribution in [0, 0.1) is 0 Å². The first-order chi connectivity index (χ1) is 0. The minimum absolute atomic E-state index is 0. The fourth-order valence-corrected chi connectivity index (χ4v) is 0. The van der Waals surface area contributed by atoms with Gasteiger partial charge in [0, 0.05) is 253 Å². The van der Waals surface area contributed by atoms with Crippen LogP contribution >= 0.6 is 0 Å². The zero-order valence-corrected chi connectivity index (χ0v) is 74.4. The molecule has 0 aliphatic heterocycles. The summed E-state index contributed by atoms with van der Waals surface area (Å²) in [5, 5.41) is 0. The molecule has 0 radical (unpaired) electrons. The van der Waals surface area contributed by atoms with Gasteiger partial charge in [-0.1, -0.05) is 0 Å². The van der Waals surface area contributed by atoms with Gasteiger partial charge in [0.05, 0.1) is 0 Å². The SMILES string of the molecule is [H+].[H+].[Na+].[Na+].[Na+].[Na+].[Na+].[Na+].[O-2].[O-2].[O-2].[O-2].[O-2].[O-2].[O-2].[O-2].[O-2].[O-2].[O-2].[O-2].[O-2].[O-2].[O-2].[O-2].[O-2].[O-2].[O-2].[O-2].[O-2].[O-2].[O-2].[O-2].[O-2].[O-2].[O-2].[O-2].[O-2].[O-2].[O-2].[O-2].[O-2].[O-2].[O-2].[O-2].[O-2].[O-2].[O-2].[O-2].[W].[W].[W].[W].[W].[W].[W].[W].[W].[W].[W].[W]. The third-order valence-electron chi connectivity index (χ3n) is 0. The predicted octanol–water partition coefficient (Wildman–Crippen LogP) is -22.5. The van der Waals surface area contributed by atoms with E-state index in [1.54, 1.807) is 0 Å². The van der Waals surface area contributed by atoms with Crippen LogP contribution in [-0.4, -0.2) is 0 Å². The van der Waals surface area contributed by atoms with Gasteiger partial charge < -0.3 is 219 Å². The summed E-state index contributed by atoms with van der Waals surface area (Å²) in [6, 6.07) is 0. The van der Waals surface area contributed by atoms with Gasteiger partial charge in [-0.25, -0.2) is 0 Å². The molecule has 0 atom stereocenters. The Hall–Kier alpha value is 12.7. The zero-order valence-electron chi connectivity index (χ0n) is 29.2. The Morgan fingerprint density at radius 1 is 0.0690 bits per heavy atom. The van der Waals surface area contributed by atoms with E-state index in [2.05, 4.69) is 0 Å². The van der Waals surface area contributed by atoms with E-state index >= 15 is 0 Å². The molecular weight excluding hydrogens is 2980 g/mol. The monoisotopic (exact) mass is 2990 g/mol. The van der Waals surface area contributed by atoms with Gasteiger partial charge in [-0.15, -0.1) is 0 Å². The Bertz CT molecular complexity index is 81.0. The van der Waals surface area contributed by atoms with Crippen molar-refractivity contribution in [1.29, 1.82) is 0 Å². The van der Waals surface area contributed by atoms with Gasteiger partial charge in [-0.2, -0.15) is 0 Å². The van der Waals surface area contributed by atoms with E-state index < -0.39 is 0 Å². The van der Waals surface area contributed by atoms with Gasteiger partial charge in [0.2, 0.25) is 0 Å². The van der Waals surface area contributed by atoms with E-state index in [0.29, 0.717) is 0 Å². The van der Waals surface area contributed by atoms with Crippen LogP contribution in [0.25, 0.3) is 0 Å². The molecule has 0 aromatic rings. The maximum atomic E-state index is 0. The molecular formula is H2Na6O40W12-72. The van der Waals surface area contributed by atoms with E-state index in [1.807, 2.05) is 0 Å². The summed E-state index contributed by atoms with van der Waals surface area (Å²) in [5.74, 6) is 0. The minimum Gasteiger partial charge on any atom is -2.00 e. The van der Waals surface area contributed by atoms with E-state index in [-0.39, 0.29) is 652 Å². The first-order valence-corrected chi connectivity index (χ1v) is 0. The van der Waals surface area contributed by atoms with Crippen molar-refractivity contribution in [2.45, 2.75) is 0 Å². The molecule has 0 bridgehead atoms. The minimum atomic E-state index is 0. The molecule has 40 nitrogen and oxygen atoms in total. The van der Waals surface area contributed by atoms with Crippen LogP contribution < -0.4 is 177 Å². The molecule has 0 aliphatic rings. The quantitative estimate of drug-likeness (QED) is 0.204. The molecule has 0 aromatic heterocycles. The standard InChI is InChI=1S/6Na.40O.12W/q6*+1;40*-2;;;;;;;;;;;;/p+2. The van der Waals surface area contributed by atoms with Crippen LogP contribution in [0.1, 0.15) is 2.85 Å². The molecule has 0 heterocycles. The van der Waals surface area contributed by atoms with Crippen molar-refractivity contribution in [3.63, 3.8) is 0 Å². The molecule has 0 unspecified atom stereocenters. The first-order valence-electron chi connectivity index (χ1n) is 0.